The summed E-state index contributed by atoms with van der Waals surface area (Å²) in [7, 11) is 1.83. The van der Waals surface area contributed by atoms with E-state index in [-0.39, 0.29) is 5.60 Å². The van der Waals surface area contributed by atoms with Gasteiger partial charge in [0.25, 0.3) is 0 Å². The average molecular weight is 217 g/mol. The largest absolute Gasteiger partial charge is 0.375 e. The SMILES string of the molecule is COC1(Cc2ccccc2C2CC2)CNC1. The van der Waals surface area contributed by atoms with Gasteiger partial charge in [-0.15, -0.1) is 0 Å². The molecule has 2 nitrogen and oxygen atoms in total. The Morgan fingerprint density at radius 2 is 2.06 bits per heavy atom. The zero-order valence-electron chi connectivity index (χ0n) is 9.83. The summed E-state index contributed by atoms with van der Waals surface area (Å²) >= 11 is 0. The molecule has 1 aromatic carbocycles. The number of hydrogen-bond acceptors (Lipinski definition) is 2. The van der Waals surface area contributed by atoms with Crippen molar-refractivity contribution in [2.45, 2.75) is 30.8 Å². The number of ether oxygens (including phenoxy) is 1. The first kappa shape index (κ1) is 10.3. The van der Waals surface area contributed by atoms with Crippen LogP contribution in [0.15, 0.2) is 24.3 Å². The summed E-state index contributed by atoms with van der Waals surface area (Å²) in [5, 5.41) is 3.31. The molecule has 3 rings (SSSR count). The van der Waals surface area contributed by atoms with Crippen molar-refractivity contribution in [3.63, 3.8) is 0 Å². The summed E-state index contributed by atoms with van der Waals surface area (Å²) in [5.41, 5.74) is 3.12. The molecule has 2 aliphatic rings. The van der Waals surface area contributed by atoms with E-state index in [0.717, 1.165) is 25.4 Å². The molecule has 0 radical (unpaired) electrons. The minimum absolute atomic E-state index is 0.0605. The minimum Gasteiger partial charge on any atom is -0.375 e. The predicted molar refractivity (Wildman–Crippen MR) is 64.7 cm³/mol. The van der Waals surface area contributed by atoms with Crippen molar-refractivity contribution in [1.29, 1.82) is 0 Å². The molecule has 86 valence electrons. The van der Waals surface area contributed by atoms with Gasteiger partial charge in [-0.1, -0.05) is 24.3 Å². The number of nitrogens with one attached hydrogen (secondary N) is 1. The van der Waals surface area contributed by atoms with Crippen LogP contribution in [0, 0.1) is 0 Å². The van der Waals surface area contributed by atoms with Crippen LogP contribution in [0.2, 0.25) is 0 Å². The van der Waals surface area contributed by atoms with Crippen molar-refractivity contribution in [3.8, 4) is 0 Å². The zero-order chi connectivity index (χ0) is 11.0. The van der Waals surface area contributed by atoms with Gasteiger partial charge in [0.2, 0.25) is 0 Å². The van der Waals surface area contributed by atoms with E-state index in [0.29, 0.717) is 0 Å². The number of methoxy groups -OCH3 is 1. The van der Waals surface area contributed by atoms with Gasteiger partial charge in [-0.3, -0.25) is 0 Å². The summed E-state index contributed by atoms with van der Waals surface area (Å²) in [6.45, 7) is 1.98. The summed E-state index contributed by atoms with van der Waals surface area (Å²) in [4.78, 5) is 0. The van der Waals surface area contributed by atoms with Gasteiger partial charge in [0.1, 0.15) is 0 Å². The van der Waals surface area contributed by atoms with Gasteiger partial charge < -0.3 is 10.1 Å². The van der Waals surface area contributed by atoms with E-state index in [4.69, 9.17) is 4.74 Å². The Kier molecular flexibility index (Phi) is 2.49. The maximum absolute atomic E-state index is 5.67. The molecule has 2 heteroatoms. The molecule has 0 atom stereocenters. The standard InChI is InChI=1S/C14H19NO/c1-16-14(9-15-10-14)8-12-4-2-3-5-13(12)11-6-7-11/h2-5,11,15H,6-10H2,1H3. The highest BCUT2D eigenvalue weighted by Crippen LogP contribution is 2.42. The van der Waals surface area contributed by atoms with E-state index in [1.807, 2.05) is 7.11 Å². The van der Waals surface area contributed by atoms with Gasteiger partial charge in [-0.25, -0.2) is 0 Å². The van der Waals surface area contributed by atoms with Gasteiger partial charge in [-0.05, 0) is 29.9 Å². The third kappa shape index (κ3) is 1.76. The molecule has 0 bridgehead atoms. The van der Waals surface area contributed by atoms with Crippen molar-refractivity contribution in [2.75, 3.05) is 20.2 Å². The second-order valence-electron chi connectivity index (χ2n) is 5.14. The van der Waals surface area contributed by atoms with E-state index in [1.54, 1.807) is 5.56 Å². The third-order valence-corrected chi connectivity index (χ3v) is 3.91. The van der Waals surface area contributed by atoms with Crippen LogP contribution < -0.4 is 5.32 Å². The lowest BCUT2D eigenvalue weighted by molar-refractivity contribution is -0.0503. The summed E-state index contributed by atoms with van der Waals surface area (Å²) < 4.78 is 5.67. The molecule has 1 saturated heterocycles. The Labute approximate surface area is 97.0 Å². The Balaban J connectivity index is 1.83. The molecule has 0 unspecified atom stereocenters. The Morgan fingerprint density at radius 1 is 1.31 bits per heavy atom. The van der Waals surface area contributed by atoms with Crippen molar-refractivity contribution in [1.82, 2.24) is 5.32 Å². The van der Waals surface area contributed by atoms with E-state index < -0.39 is 0 Å². The topological polar surface area (TPSA) is 21.3 Å². The van der Waals surface area contributed by atoms with Gasteiger partial charge in [-0.2, -0.15) is 0 Å². The van der Waals surface area contributed by atoms with E-state index in [2.05, 4.69) is 29.6 Å². The van der Waals surface area contributed by atoms with Crippen LogP contribution in [0.25, 0.3) is 0 Å². The average Bonchev–Trinajstić information content (AvgIpc) is 3.08. The minimum atomic E-state index is 0.0605. The first-order chi connectivity index (χ1) is 7.83. The quantitative estimate of drug-likeness (QED) is 0.834. The monoisotopic (exact) mass is 217 g/mol. The molecule has 1 saturated carbocycles. The molecule has 0 amide bonds. The number of benzene rings is 1. The van der Waals surface area contributed by atoms with Crippen LogP contribution in [-0.2, 0) is 11.2 Å². The zero-order valence-corrected chi connectivity index (χ0v) is 9.83. The molecule has 1 N–H and O–H groups in total. The normalized spacial score (nSPS) is 22.8. The maximum atomic E-state index is 5.67. The van der Waals surface area contributed by atoms with Crippen LogP contribution in [0.5, 0.6) is 0 Å². The summed E-state index contributed by atoms with van der Waals surface area (Å²) in [5.74, 6) is 0.832. The van der Waals surface area contributed by atoms with Crippen LogP contribution in [0.1, 0.15) is 29.9 Å². The second-order valence-corrected chi connectivity index (χ2v) is 5.14. The molecule has 0 spiro atoms. The van der Waals surface area contributed by atoms with Crippen LogP contribution in [0.3, 0.4) is 0 Å². The molecule has 16 heavy (non-hydrogen) atoms. The summed E-state index contributed by atoms with van der Waals surface area (Å²) in [6.07, 6.45) is 3.80. The van der Waals surface area contributed by atoms with E-state index >= 15 is 0 Å². The molecule has 0 aromatic heterocycles. The highest BCUT2D eigenvalue weighted by molar-refractivity contribution is 5.34. The molecule has 1 aromatic rings. The Bertz CT molecular complexity index is 375. The second kappa shape index (κ2) is 3.86. The summed E-state index contributed by atoms with van der Waals surface area (Å²) in [6, 6.07) is 8.88. The highest BCUT2D eigenvalue weighted by Gasteiger charge is 2.38. The van der Waals surface area contributed by atoms with Gasteiger partial charge in [0.15, 0.2) is 0 Å². The molecule has 2 fully saturated rings. The first-order valence-electron chi connectivity index (χ1n) is 6.17. The molecular weight excluding hydrogens is 198 g/mol. The van der Waals surface area contributed by atoms with E-state index in [1.165, 1.54) is 18.4 Å². The van der Waals surface area contributed by atoms with Crippen molar-refractivity contribution >= 4 is 0 Å². The number of hydrogen-bond donors (Lipinski definition) is 1. The predicted octanol–water partition coefficient (Wildman–Crippen LogP) is 2.09. The smallest absolute Gasteiger partial charge is 0.0966 e. The van der Waals surface area contributed by atoms with Gasteiger partial charge in [0, 0.05) is 26.6 Å². The van der Waals surface area contributed by atoms with Crippen molar-refractivity contribution in [3.05, 3.63) is 35.4 Å². The van der Waals surface area contributed by atoms with Crippen LogP contribution in [-0.4, -0.2) is 25.8 Å². The molecule has 1 aliphatic heterocycles. The fourth-order valence-corrected chi connectivity index (χ4v) is 2.58. The Hall–Kier alpha value is -0.860. The Morgan fingerprint density at radius 3 is 2.62 bits per heavy atom. The fraction of sp³-hybridized carbons (Fsp3) is 0.571. The lowest BCUT2D eigenvalue weighted by Gasteiger charge is -2.41. The van der Waals surface area contributed by atoms with Crippen LogP contribution in [0.4, 0.5) is 0 Å². The van der Waals surface area contributed by atoms with Crippen LogP contribution >= 0.6 is 0 Å². The van der Waals surface area contributed by atoms with Crippen molar-refractivity contribution in [2.24, 2.45) is 0 Å². The highest BCUT2D eigenvalue weighted by atomic mass is 16.5. The number of rotatable bonds is 4. The van der Waals surface area contributed by atoms with Gasteiger partial charge >= 0.3 is 0 Å². The van der Waals surface area contributed by atoms with E-state index in [9.17, 15) is 0 Å². The first-order valence-corrected chi connectivity index (χ1v) is 6.17. The lowest BCUT2D eigenvalue weighted by Crippen LogP contribution is -2.61. The third-order valence-electron chi connectivity index (χ3n) is 3.91. The molecule has 1 aliphatic carbocycles. The molecular formula is C14H19NO. The fourth-order valence-electron chi connectivity index (χ4n) is 2.58. The maximum Gasteiger partial charge on any atom is 0.0966 e. The van der Waals surface area contributed by atoms with Crippen molar-refractivity contribution < 1.29 is 4.74 Å². The lowest BCUT2D eigenvalue weighted by atomic mass is 9.86. The van der Waals surface area contributed by atoms with Gasteiger partial charge in [0.05, 0.1) is 5.60 Å². The molecule has 1 heterocycles.